The van der Waals surface area contributed by atoms with Gasteiger partial charge < -0.3 is 19.5 Å². The maximum Gasteiger partial charge on any atom is 0.227 e. The van der Waals surface area contributed by atoms with Crippen LogP contribution in [0, 0.1) is 11.3 Å². The van der Waals surface area contributed by atoms with Crippen molar-refractivity contribution in [3.05, 3.63) is 41.6 Å². The van der Waals surface area contributed by atoms with Crippen LogP contribution in [-0.2, 0) is 27.7 Å². The van der Waals surface area contributed by atoms with Gasteiger partial charge in [0.25, 0.3) is 0 Å². The lowest BCUT2D eigenvalue weighted by atomic mass is 9.74. The van der Waals surface area contributed by atoms with Crippen molar-refractivity contribution in [1.82, 2.24) is 9.97 Å². The number of aryl methyl sites for hydroxylation is 1. The van der Waals surface area contributed by atoms with Crippen LogP contribution in [0.5, 0.6) is 0 Å². The van der Waals surface area contributed by atoms with Gasteiger partial charge in [0.2, 0.25) is 10.8 Å². The zero-order chi connectivity index (χ0) is 21.3. The highest BCUT2D eigenvalue weighted by Gasteiger charge is 2.39. The lowest BCUT2D eigenvalue weighted by molar-refractivity contribution is 0.0903. The van der Waals surface area contributed by atoms with Crippen molar-refractivity contribution in [2.45, 2.75) is 48.5 Å². The van der Waals surface area contributed by atoms with Crippen LogP contribution in [0.2, 0.25) is 0 Å². The molecule has 0 aliphatic carbocycles. The number of nitrogens with one attached hydrogen (secondary N) is 1. The van der Waals surface area contributed by atoms with Crippen molar-refractivity contribution < 1.29 is 9.29 Å². The molecule has 5 rings (SSSR count). The summed E-state index contributed by atoms with van der Waals surface area (Å²) in [5, 5.41) is 13.5. The van der Waals surface area contributed by atoms with E-state index in [2.05, 4.69) is 28.4 Å². The second-order valence-corrected chi connectivity index (χ2v) is 10.0. The van der Waals surface area contributed by atoms with Crippen molar-refractivity contribution in [2.24, 2.45) is 0 Å². The van der Waals surface area contributed by atoms with Gasteiger partial charge in [0.05, 0.1) is 11.5 Å². The monoisotopic (exact) mass is 437 g/mol. The van der Waals surface area contributed by atoms with E-state index in [0.29, 0.717) is 11.7 Å². The van der Waals surface area contributed by atoms with E-state index in [1.165, 1.54) is 0 Å². The lowest BCUT2D eigenvalue weighted by Crippen LogP contribution is -2.43. The molecule has 2 fully saturated rings. The fourth-order valence-corrected chi connectivity index (χ4v) is 6.08. The standard InChI is InChI=1S/C23H27N5O2S/c24-16-23(17-4-2-1-3-5-17)9-11-28(12-10-23)22-26-19-8-15-31(29)20(19)21(27-22)25-18-6-13-30-14-7-18/h1-5,18H,6-15H2,(H,25,26,27). The first-order valence-electron chi connectivity index (χ1n) is 11.0. The molecule has 0 amide bonds. The summed E-state index contributed by atoms with van der Waals surface area (Å²) in [5.41, 5.74) is 1.53. The SMILES string of the molecule is N#CC1(c2ccccc2)CCN(c2nc3c(c(NC4CCOCC4)n2)[S+]([O-])CC3)CC1. The summed E-state index contributed by atoms with van der Waals surface area (Å²) in [5.74, 6) is 2.02. The molecule has 2 aromatic rings. The van der Waals surface area contributed by atoms with Crippen molar-refractivity contribution in [3.8, 4) is 6.07 Å². The Morgan fingerprint density at radius 1 is 1.16 bits per heavy atom. The van der Waals surface area contributed by atoms with E-state index in [-0.39, 0.29) is 6.04 Å². The minimum absolute atomic E-state index is 0.281. The second-order valence-electron chi connectivity index (χ2n) is 8.53. The Labute approximate surface area is 186 Å². The molecular formula is C23H27N5O2S. The molecule has 0 radical (unpaired) electrons. The Morgan fingerprint density at radius 3 is 2.61 bits per heavy atom. The molecule has 0 bridgehead atoms. The van der Waals surface area contributed by atoms with Gasteiger partial charge >= 0.3 is 0 Å². The van der Waals surface area contributed by atoms with Crippen LogP contribution in [0.4, 0.5) is 11.8 Å². The van der Waals surface area contributed by atoms with Crippen LogP contribution in [0.25, 0.3) is 0 Å². The molecule has 0 spiro atoms. The van der Waals surface area contributed by atoms with E-state index >= 15 is 0 Å². The molecule has 0 saturated carbocycles. The van der Waals surface area contributed by atoms with E-state index in [0.717, 1.165) is 80.4 Å². The van der Waals surface area contributed by atoms with E-state index in [4.69, 9.17) is 14.7 Å². The number of hydrogen-bond acceptors (Lipinski definition) is 7. The first-order valence-corrected chi connectivity index (χ1v) is 12.4. The number of hydrogen-bond donors (Lipinski definition) is 1. The average molecular weight is 438 g/mol. The number of benzene rings is 1. The minimum Gasteiger partial charge on any atom is -0.611 e. The van der Waals surface area contributed by atoms with Gasteiger partial charge in [-0.2, -0.15) is 10.2 Å². The predicted molar refractivity (Wildman–Crippen MR) is 120 cm³/mol. The largest absolute Gasteiger partial charge is 0.611 e. The van der Waals surface area contributed by atoms with Gasteiger partial charge in [-0.15, -0.1) is 0 Å². The van der Waals surface area contributed by atoms with Gasteiger partial charge in [-0.3, -0.25) is 0 Å². The van der Waals surface area contributed by atoms with E-state index < -0.39 is 16.6 Å². The van der Waals surface area contributed by atoms with Crippen LogP contribution < -0.4 is 10.2 Å². The average Bonchev–Trinajstić information content (AvgIpc) is 3.21. The fraction of sp³-hybridized carbons (Fsp3) is 0.522. The van der Waals surface area contributed by atoms with Crippen LogP contribution in [0.15, 0.2) is 35.2 Å². The van der Waals surface area contributed by atoms with Gasteiger partial charge in [-0.05, 0) is 42.4 Å². The quantitative estimate of drug-likeness (QED) is 0.735. The number of nitriles is 1. The first kappa shape index (κ1) is 20.6. The third kappa shape index (κ3) is 3.98. The van der Waals surface area contributed by atoms with Crippen molar-refractivity contribution >= 4 is 22.9 Å². The van der Waals surface area contributed by atoms with Gasteiger partial charge in [-0.1, -0.05) is 30.3 Å². The highest BCUT2D eigenvalue weighted by molar-refractivity contribution is 7.91. The molecule has 8 heteroatoms. The number of rotatable bonds is 4. The van der Waals surface area contributed by atoms with Crippen molar-refractivity contribution in [2.75, 3.05) is 42.3 Å². The molecule has 1 unspecified atom stereocenters. The number of fused-ring (bicyclic) bond motifs is 1. The van der Waals surface area contributed by atoms with Crippen LogP contribution in [-0.4, -0.2) is 52.6 Å². The number of nitrogens with zero attached hydrogens (tertiary/aromatic N) is 4. The molecule has 2 saturated heterocycles. The van der Waals surface area contributed by atoms with Crippen LogP contribution in [0.1, 0.15) is 36.9 Å². The number of ether oxygens (including phenoxy) is 1. The van der Waals surface area contributed by atoms with E-state index in [1.54, 1.807) is 0 Å². The van der Waals surface area contributed by atoms with Gasteiger partial charge in [0.1, 0.15) is 11.4 Å². The second kappa shape index (κ2) is 8.65. The van der Waals surface area contributed by atoms with E-state index in [1.807, 2.05) is 18.2 Å². The highest BCUT2D eigenvalue weighted by atomic mass is 32.2. The maximum atomic E-state index is 12.6. The molecule has 31 heavy (non-hydrogen) atoms. The lowest BCUT2D eigenvalue weighted by Gasteiger charge is -2.37. The van der Waals surface area contributed by atoms with Crippen LogP contribution in [0.3, 0.4) is 0 Å². The van der Waals surface area contributed by atoms with Gasteiger partial charge in [0.15, 0.2) is 5.82 Å². The highest BCUT2D eigenvalue weighted by Crippen LogP contribution is 2.38. The molecule has 3 aliphatic rings. The predicted octanol–water partition coefficient (Wildman–Crippen LogP) is 2.79. The number of anilines is 2. The Hall–Kier alpha value is -2.34. The van der Waals surface area contributed by atoms with Crippen molar-refractivity contribution in [3.63, 3.8) is 0 Å². The Kier molecular flexibility index (Phi) is 5.74. The minimum atomic E-state index is -1.05. The summed E-state index contributed by atoms with van der Waals surface area (Å²) in [7, 11) is 0. The molecule has 1 aromatic carbocycles. The Morgan fingerprint density at radius 2 is 1.90 bits per heavy atom. The molecule has 1 aromatic heterocycles. The first-order chi connectivity index (χ1) is 15.2. The molecule has 1 N–H and O–H groups in total. The molecule has 4 heterocycles. The summed E-state index contributed by atoms with van der Waals surface area (Å²) in [4.78, 5) is 12.6. The summed E-state index contributed by atoms with van der Waals surface area (Å²) in [6, 6.07) is 13.0. The molecule has 1 atom stereocenters. The summed E-state index contributed by atoms with van der Waals surface area (Å²) < 4.78 is 18.1. The Balaban J connectivity index is 1.38. The molecule has 3 aliphatic heterocycles. The molecular weight excluding hydrogens is 410 g/mol. The van der Waals surface area contributed by atoms with Crippen molar-refractivity contribution in [1.29, 1.82) is 5.26 Å². The van der Waals surface area contributed by atoms with E-state index in [9.17, 15) is 9.81 Å². The maximum absolute atomic E-state index is 12.6. The topological polar surface area (TPSA) is 97.1 Å². The molecule has 7 nitrogen and oxygen atoms in total. The zero-order valence-electron chi connectivity index (χ0n) is 17.5. The zero-order valence-corrected chi connectivity index (χ0v) is 18.4. The Bertz CT molecular complexity index is 966. The van der Waals surface area contributed by atoms with Gasteiger partial charge in [0, 0.05) is 38.8 Å². The van der Waals surface area contributed by atoms with Gasteiger partial charge in [-0.25, -0.2) is 4.98 Å². The smallest absolute Gasteiger partial charge is 0.227 e. The third-order valence-corrected chi connectivity index (χ3v) is 8.14. The van der Waals surface area contributed by atoms with Crippen LogP contribution >= 0.6 is 0 Å². The number of piperidine rings is 1. The third-order valence-electron chi connectivity index (χ3n) is 6.68. The number of aromatic nitrogens is 2. The fourth-order valence-electron chi connectivity index (χ4n) is 4.77. The summed E-state index contributed by atoms with van der Waals surface area (Å²) >= 11 is -1.05. The normalized spacial score (nSPS) is 23.2. The summed E-state index contributed by atoms with van der Waals surface area (Å²) in [6.07, 6.45) is 4.05. The molecule has 162 valence electrons. The summed E-state index contributed by atoms with van der Waals surface area (Å²) in [6.45, 7) is 2.92.